The van der Waals surface area contributed by atoms with Crippen LogP contribution in [0.4, 0.5) is 10.5 Å². The van der Waals surface area contributed by atoms with E-state index in [1.165, 1.54) is 11.0 Å². The van der Waals surface area contributed by atoms with Gasteiger partial charge in [0.25, 0.3) is 21.9 Å². The number of hydrogen-bond donors (Lipinski definition) is 1. The maximum Gasteiger partial charge on any atom is 0.333 e. The van der Waals surface area contributed by atoms with Crippen LogP contribution in [0.15, 0.2) is 59.8 Å². The molecule has 1 N–H and O–H groups in total. The highest BCUT2D eigenvalue weighted by atomic mass is 35.5. The molecule has 0 aromatic heterocycles. The van der Waals surface area contributed by atoms with Crippen molar-refractivity contribution in [3.63, 3.8) is 0 Å². The number of barbiturate groups is 1. The summed E-state index contributed by atoms with van der Waals surface area (Å²) in [6.45, 7) is 8.90. The number of amides is 5. The molecule has 1 saturated heterocycles. The van der Waals surface area contributed by atoms with Crippen molar-refractivity contribution in [2.24, 2.45) is 0 Å². The van der Waals surface area contributed by atoms with Crippen molar-refractivity contribution in [3.05, 3.63) is 65.4 Å². The lowest BCUT2D eigenvalue weighted by Crippen LogP contribution is -2.56. The van der Waals surface area contributed by atoms with Crippen molar-refractivity contribution in [3.8, 4) is 0 Å². The molecule has 2 aliphatic rings. The standard InChI is InChI=1S/C30H39ClN4O7S/c1-5-33-27(37)22(28(38)34(6-2)29(33)39)13-7-10-16-25-30(3,4)23-14-8-9-15-24(23)35(25)19-11-17-32(26(36)21-31)18-12-20-43(40,41)42/h7-10,13-16H,5-6,11-12,17-21H2,1-4H3,(H,40,41,42)/b10-7+,25-16+. The predicted octanol–water partition coefficient (Wildman–Crippen LogP) is 3.72. The van der Waals surface area contributed by atoms with Crippen LogP contribution in [0.2, 0.25) is 0 Å². The van der Waals surface area contributed by atoms with Crippen LogP contribution in [0.25, 0.3) is 0 Å². The Morgan fingerprint density at radius 1 is 0.953 bits per heavy atom. The van der Waals surface area contributed by atoms with Crippen molar-refractivity contribution >= 4 is 51.2 Å². The highest BCUT2D eigenvalue weighted by Crippen LogP contribution is 2.47. The molecule has 0 bridgehead atoms. The minimum atomic E-state index is -4.13. The minimum Gasteiger partial charge on any atom is -0.344 e. The van der Waals surface area contributed by atoms with Crippen molar-refractivity contribution in [1.29, 1.82) is 0 Å². The number of allylic oxidation sites excluding steroid dienone is 5. The number of para-hydroxylation sites is 1. The van der Waals surface area contributed by atoms with Crippen LogP contribution in [0.5, 0.6) is 0 Å². The number of imide groups is 2. The van der Waals surface area contributed by atoms with E-state index in [2.05, 4.69) is 24.8 Å². The van der Waals surface area contributed by atoms with Gasteiger partial charge in [0.15, 0.2) is 0 Å². The first-order chi connectivity index (χ1) is 20.3. The fourth-order valence-electron chi connectivity index (χ4n) is 5.39. The molecule has 0 aliphatic carbocycles. The normalized spacial score (nSPS) is 17.8. The van der Waals surface area contributed by atoms with Gasteiger partial charge in [-0.1, -0.05) is 44.2 Å². The van der Waals surface area contributed by atoms with E-state index in [0.29, 0.717) is 19.5 Å². The molecule has 0 saturated carbocycles. The van der Waals surface area contributed by atoms with E-state index in [-0.39, 0.29) is 48.8 Å². The molecule has 3 rings (SSSR count). The van der Waals surface area contributed by atoms with Crippen molar-refractivity contribution in [1.82, 2.24) is 14.7 Å². The van der Waals surface area contributed by atoms with Gasteiger partial charge in [0, 0.05) is 49.5 Å². The van der Waals surface area contributed by atoms with Crippen molar-refractivity contribution < 1.29 is 32.1 Å². The molecule has 0 spiro atoms. The number of anilines is 1. The van der Waals surface area contributed by atoms with Gasteiger partial charge in [-0.05, 0) is 50.5 Å². The molecule has 11 nitrogen and oxygen atoms in total. The molecule has 0 radical (unpaired) electrons. The summed E-state index contributed by atoms with van der Waals surface area (Å²) in [5.41, 5.74) is 2.63. The molecular formula is C30H39ClN4O7S. The zero-order chi connectivity index (χ0) is 31.9. The molecular weight excluding hydrogens is 596 g/mol. The van der Waals surface area contributed by atoms with Gasteiger partial charge in [0.2, 0.25) is 5.91 Å². The Balaban J connectivity index is 1.83. The lowest BCUT2D eigenvalue weighted by molar-refractivity contribution is -0.135. The van der Waals surface area contributed by atoms with Crippen LogP contribution in [0.3, 0.4) is 0 Å². The molecule has 1 aromatic carbocycles. The zero-order valence-electron chi connectivity index (χ0n) is 25.0. The number of likely N-dealkylation sites (N-methyl/N-ethyl adjacent to an activating group) is 2. The highest BCUT2D eigenvalue weighted by Gasteiger charge is 2.41. The maximum absolute atomic E-state index is 12.8. The molecule has 43 heavy (non-hydrogen) atoms. The van der Waals surface area contributed by atoms with Crippen molar-refractivity contribution in [2.45, 2.75) is 46.0 Å². The number of alkyl halides is 1. The Hall–Kier alpha value is -3.48. The van der Waals surface area contributed by atoms with Gasteiger partial charge in [-0.25, -0.2) is 4.79 Å². The molecule has 1 fully saturated rings. The summed E-state index contributed by atoms with van der Waals surface area (Å²) >= 11 is 5.78. The Morgan fingerprint density at radius 3 is 2.12 bits per heavy atom. The molecule has 0 atom stereocenters. The number of hydrogen-bond acceptors (Lipinski definition) is 7. The number of rotatable bonds is 13. The summed E-state index contributed by atoms with van der Waals surface area (Å²) in [6.07, 6.45) is 7.37. The van der Waals surface area contributed by atoms with Crippen LogP contribution in [0, 0.1) is 0 Å². The monoisotopic (exact) mass is 634 g/mol. The fourth-order valence-corrected chi connectivity index (χ4v) is 6.05. The second-order valence-electron chi connectivity index (χ2n) is 10.7. The molecule has 1 aromatic rings. The van der Waals surface area contributed by atoms with Crippen LogP contribution < -0.4 is 4.90 Å². The predicted molar refractivity (Wildman–Crippen MR) is 165 cm³/mol. The fraction of sp³-hybridized carbons (Fsp3) is 0.467. The number of carbonyl (C=O) groups excluding carboxylic acids is 4. The van der Waals surface area contributed by atoms with E-state index in [4.69, 9.17) is 16.2 Å². The van der Waals surface area contributed by atoms with E-state index in [0.717, 1.165) is 26.7 Å². The smallest absolute Gasteiger partial charge is 0.333 e. The average molecular weight is 635 g/mol. The summed E-state index contributed by atoms with van der Waals surface area (Å²) in [4.78, 5) is 56.2. The Morgan fingerprint density at radius 2 is 1.53 bits per heavy atom. The van der Waals surface area contributed by atoms with Gasteiger partial charge in [0.1, 0.15) is 11.5 Å². The number of fused-ring (bicyclic) bond motifs is 1. The quantitative estimate of drug-likeness (QED) is 0.150. The second kappa shape index (κ2) is 14.3. The zero-order valence-corrected chi connectivity index (χ0v) is 26.5. The molecule has 13 heteroatoms. The first-order valence-electron chi connectivity index (χ1n) is 14.2. The number of carbonyl (C=O) groups is 4. The third kappa shape index (κ3) is 7.73. The van der Waals surface area contributed by atoms with Crippen molar-refractivity contribution in [2.75, 3.05) is 49.3 Å². The van der Waals surface area contributed by atoms with Crippen LogP contribution in [0.1, 0.15) is 46.1 Å². The largest absolute Gasteiger partial charge is 0.344 e. The summed E-state index contributed by atoms with van der Waals surface area (Å²) < 4.78 is 31.2. The lowest BCUT2D eigenvalue weighted by Gasteiger charge is -2.32. The number of benzene rings is 1. The maximum atomic E-state index is 12.8. The average Bonchev–Trinajstić information content (AvgIpc) is 3.16. The number of halogens is 1. The first kappa shape index (κ1) is 34.0. The molecule has 5 amide bonds. The van der Waals surface area contributed by atoms with Crippen LogP contribution in [-0.4, -0.2) is 95.8 Å². The molecule has 2 aliphatic heterocycles. The van der Waals surface area contributed by atoms with E-state index in [1.807, 2.05) is 24.3 Å². The summed E-state index contributed by atoms with van der Waals surface area (Å²) in [7, 11) is -4.13. The number of nitrogens with zero attached hydrogens (tertiary/aromatic N) is 4. The summed E-state index contributed by atoms with van der Waals surface area (Å²) in [5.74, 6) is -2.24. The van der Waals surface area contributed by atoms with Gasteiger partial charge in [0.05, 0.1) is 5.75 Å². The Kier molecular flexibility index (Phi) is 11.3. The minimum absolute atomic E-state index is 0.0816. The first-order valence-corrected chi connectivity index (χ1v) is 16.4. The molecule has 0 unspecified atom stereocenters. The number of urea groups is 1. The van der Waals surface area contributed by atoms with Crippen LogP contribution in [-0.2, 0) is 29.9 Å². The Labute approximate surface area is 258 Å². The topological polar surface area (TPSA) is 136 Å². The highest BCUT2D eigenvalue weighted by molar-refractivity contribution is 7.85. The van der Waals surface area contributed by atoms with E-state index in [9.17, 15) is 27.6 Å². The molecule has 234 valence electrons. The second-order valence-corrected chi connectivity index (χ2v) is 12.5. The third-order valence-electron chi connectivity index (χ3n) is 7.58. The lowest BCUT2D eigenvalue weighted by atomic mass is 9.84. The third-order valence-corrected chi connectivity index (χ3v) is 8.61. The van der Waals surface area contributed by atoms with E-state index >= 15 is 0 Å². The molecule has 2 heterocycles. The van der Waals surface area contributed by atoms with Gasteiger partial charge in [-0.3, -0.25) is 28.7 Å². The van der Waals surface area contributed by atoms with Crippen LogP contribution >= 0.6 is 11.6 Å². The van der Waals surface area contributed by atoms with E-state index < -0.39 is 33.7 Å². The Bertz CT molecular complexity index is 1420. The SMILES string of the molecule is CCN1C(=O)C(=C/C=C/C=C2/N(CCCN(CCCS(=O)(=O)O)C(=O)CCl)c3ccccc3C2(C)C)C(=O)N(CC)C1=O. The van der Waals surface area contributed by atoms with Gasteiger partial charge >= 0.3 is 6.03 Å². The van der Waals surface area contributed by atoms with Gasteiger partial charge in [-0.2, -0.15) is 8.42 Å². The summed E-state index contributed by atoms with van der Waals surface area (Å²) in [5, 5.41) is 0. The van der Waals surface area contributed by atoms with E-state index in [1.54, 1.807) is 26.0 Å². The van der Waals surface area contributed by atoms with Gasteiger partial charge in [-0.15, -0.1) is 11.6 Å². The van der Waals surface area contributed by atoms with Gasteiger partial charge < -0.3 is 9.80 Å². The summed E-state index contributed by atoms with van der Waals surface area (Å²) in [6, 6.07) is 7.38.